The summed E-state index contributed by atoms with van der Waals surface area (Å²) in [5, 5.41) is 0. The highest BCUT2D eigenvalue weighted by Crippen LogP contribution is 2.43. The summed E-state index contributed by atoms with van der Waals surface area (Å²) in [5.41, 5.74) is 0. The molecule has 0 amide bonds. The zero-order chi connectivity index (χ0) is 25.4. The van der Waals surface area contributed by atoms with Gasteiger partial charge in [-0.15, -0.1) is 0 Å². The van der Waals surface area contributed by atoms with E-state index in [0.717, 1.165) is 0 Å². The lowest BCUT2D eigenvalue weighted by Crippen LogP contribution is -2.45. The molecule has 9 atom stereocenters. The van der Waals surface area contributed by atoms with Crippen LogP contribution < -0.4 is 0 Å². The van der Waals surface area contributed by atoms with E-state index in [-0.39, 0.29) is 18.8 Å². The van der Waals surface area contributed by atoms with Crippen molar-refractivity contribution in [3.63, 3.8) is 0 Å². The quantitative estimate of drug-likeness (QED) is 0.441. The van der Waals surface area contributed by atoms with Crippen molar-refractivity contribution in [3.8, 4) is 0 Å². The molecule has 0 aromatic rings. The van der Waals surface area contributed by atoms with Crippen molar-refractivity contribution in [2.75, 3.05) is 19.5 Å². The summed E-state index contributed by atoms with van der Waals surface area (Å²) < 4.78 is 84.4. The second-order valence-corrected chi connectivity index (χ2v) is 12.6. The fraction of sp³-hybridized carbons (Fsp3) is 1.00. The minimum absolute atomic E-state index is 0.133. The summed E-state index contributed by atoms with van der Waals surface area (Å²) in [5.74, 6) is -2.87. The molecule has 5 rings (SSSR count). The minimum atomic E-state index is -4.03. The number of hydrogen-bond acceptors (Lipinski definition) is 12. The van der Waals surface area contributed by atoms with Crippen molar-refractivity contribution < 1.29 is 55.2 Å². The molecule has 0 N–H and O–H groups in total. The van der Waals surface area contributed by atoms with Crippen LogP contribution in [0.15, 0.2) is 0 Å². The Morgan fingerprint density at radius 2 is 1.46 bits per heavy atom. The first-order valence-corrected chi connectivity index (χ1v) is 13.5. The normalized spacial score (nSPS) is 45.6. The van der Waals surface area contributed by atoms with E-state index >= 15 is 0 Å². The maximum absolute atomic E-state index is 13.1. The molecule has 5 aliphatic rings. The largest absolute Gasteiger partial charge is 0.353 e. The predicted octanol–water partition coefficient (Wildman–Crippen LogP) is 1.01. The SMILES string of the molecule is CO[C@@H]1O[C@H](CCS(=O)(=O)O[C@H]2[C@H]3OC(C)(C)O[C@H]3O[C@@H]2[C@H]2COC(C)(C)O2)[C@H]2OC(C)(C)O[C@@H]12. The van der Waals surface area contributed by atoms with E-state index in [1.54, 1.807) is 41.5 Å². The van der Waals surface area contributed by atoms with Gasteiger partial charge in [0.25, 0.3) is 10.1 Å². The van der Waals surface area contributed by atoms with Crippen molar-refractivity contribution in [1.82, 2.24) is 0 Å². The molecule has 0 aromatic carbocycles. The molecule has 0 aromatic heterocycles. The van der Waals surface area contributed by atoms with Crippen molar-refractivity contribution in [2.24, 2.45) is 0 Å². The van der Waals surface area contributed by atoms with Crippen LogP contribution in [0, 0.1) is 0 Å². The number of ether oxygens (including phenoxy) is 9. The van der Waals surface area contributed by atoms with Crippen LogP contribution in [0.25, 0.3) is 0 Å². The van der Waals surface area contributed by atoms with Gasteiger partial charge < -0.3 is 42.6 Å². The summed E-state index contributed by atoms with van der Waals surface area (Å²) in [6, 6.07) is 0. The second kappa shape index (κ2) is 8.80. The van der Waals surface area contributed by atoms with Crippen LogP contribution in [-0.4, -0.2) is 101 Å². The lowest BCUT2D eigenvalue weighted by atomic mass is 10.1. The van der Waals surface area contributed by atoms with Gasteiger partial charge in [0.15, 0.2) is 29.9 Å². The molecule has 0 aliphatic carbocycles. The molecule has 5 heterocycles. The molecule has 202 valence electrons. The van der Waals surface area contributed by atoms with Crippen LogP contribution in [0.2, 0.25) is 0 Å². The standard InChI is InChI=1S/C22H36O12S/c1-20(2)26-10-12(29-20)13-15(17-19(28-13)33-22(5,6)32-17)34-35(23,24)9-8-11-14-16(18(25-7)27-11)31-21(3,4)30-14/h11-19H,8-10H2,1-7H3/t11-,12-,13-,14-,15-,16-,17-,18-,19-/m1/s1. The lowest BCUT2D eigenvalue weighted by Gasteiger charge is -2.28. The Labute approximate surface area is 205 Å². The zero-order valence-corrected chi connectivity index (χ0v) is 21.9. The molecular weight excluding hydrogens is 488 g/mol. The van der Waals surface area contributed by atoms with Crippen LogP contribution >= 0.6 is 0 Å². The fourth-order valence-corrected chi connectivity index (χ4v) is 6.51. The third kappa shape index (κ3) is 5.28. The smallest absolute Gasteiger partial charge is 0.267 e. The van der Waals surface area contributed by atoms with Crippen molar-refractivity contribution in [3.05, 3.63) is 0 Å². The monoisotopic (exact) mass is 524 g/mol. The van der Waals surface area contributed by atoms with Crippen molar-refractivity contribution in [2.45, 2.75) is 121 Å². The Morgan fingerprint density at radius 1 is 0.800 bits per heavy atom. The molecule has 5 aliphatic heterocycles. The summed E-state index contributed by atoms with van der Waals surface area (Å²) in [4.78, 5) is 0. The van der Waals surface area contributed by atoms with E-state index < -0.39 is 82.8 Å². The number of fused-ring (bicyclic) bond motifs is 2. The number of hydrogen-bond donors (Lipinski definition) is 0. The van der Waals surface area contributed by atoms with Gasteiger partial charge in [0.1, 0.15) is 36.6 Å². The average Bonchev–Trinajstić information content (AvgIpc) is 3.47. The van der Waals surface area contributed by atoms with E-state index in [2.05, 4.69) is 0 Å². The maximum Gasteiger partial charge on any atom is 0.267 e. The molecule has 5 fully saturated rings. The first kappa shape index (κ1) is 26.2. The number of rotatable bonds is 7. The minimum Gasteiger partial charge on any atom is -0.353 e. The van der Waals surface area contributed by atoms with E-state index in [4.69, 9.17) is 46.8 Å². The van der Waals surface area contributed by atoms with E-state index in [0.29, 0.717) is 0 Å². The Morgan fingerprint density at radius 3 is 2.11 bits per heavy atom. The maximum atomic E-state index is 13.1. The van der Waals surface area contributed by atoms with Gasteiger partial charge in [-0.25, -0.2) is 0 Å². The Hall–Kier alpha value is -0.450. The molecule has 0 radical (unpaired) electrons. The Bertz CT molecular complexity index is 904. The highest BCUT2D eigenvalue weighted by atomic mass is 32.2. The van der Waals surface area contributed by atoms with E-state index in [9.17, 15) is 8.42 Å². The van der Waals surface area contributed by atoms with E-state index in [1.807, 2.05) is 0 Å². The lowest BCUT2D eigenvalue weighted by molar-refractivity contribution is -0.230. The molecule has 0 saturated carbocycles. The first-order chi connectivity index (χ1) is 16.2. The molecular formula is C22H36O12S. The van der Waals surface area contributed by atoms with Gasteiger partial charge in [-0.2, -0.15) is 8.42 Å². The van der Waals surface area contributed by atoms with Crippen LogP contribution in [0.1, 0.15) is 48.0 Å². The van der Waals surface area contributed by atoms with Gasteiger partial charge in [0, 0.05) is 7.11 Å². The van der Waals surface area contributed by atoms with Crippen molar-refractivity contribution >= 4 is 10.1 Å². The third-order valence-corrected chi connectivity index (χ3v) is 7.92. The van der Waals surface area contributed by atoms with Crippen LogP contribution in [-0.2, 0) is 56.9 Å². The van der Waals surface area contributed by atoms with Crippen LogP contribution in [0.5, 0.6) is 0 Å². The summed E-state index contributed by atoms with van der Waals surface area (Å²) in [6.07, 6.45) is -5.72. The Balaban J connectivity index is 1.27. The Kier molecular flexibility index (Phi) is 6.58. The fourth-order valence-electron chi connectivity index (χ4n) is 5.33. The first-order valence-electron chi connectivity index (χ1n) is 12.0. The van der Waals surface area contributed by atoms with Gasteiger partial charge in [0.2, 0.25) is 0 Å². The third-order valence-electron chi connectivity index (χ3n) is 6.67. The van der Waals surface area contributed by atoms with Gasteiger partial charge in [-0.05, 0) is 48.0 Å². The molecule has 35 heavy (non-hydrogen) atoms. The number of methoxy groups -OCH3 is 1. The van der Waals surface area contributed by atoms with Crippen LogP contribution in [0.3, 0.4) is 0 Å². The summed E-state index contributed by atoms with van der Waals surface area (Å²) >= 11 is 0. The molecule has 0 bridgehead atoms. The highest BCUT2D eigenvalue weighted by Gasteiger charge is 2.60. The zero-order valence-electron chi connectivity index (χ0n) is 21.1. The average molecular weight is 525 g/mol. The van der Waals surface area contributed by atoms with Gasteiger partial charge in [0.05, 0.1) is 18.5 Å². The summed E-state index contributed by atoms with van der Waals surface area (Å²) in [6.45, 7) is 10.9. The molecule has 12 nitrogen and oxygen atoms in total. The van der Waals surface area contributed by atoms with Gasteiger partial charge >= 0.3 is 0 Å². The molecule has 13 heteroatoms. The highest BCUT2D eigenvalue weighted by molar-refractivity contribution is 7.86. The van der Waals surface area contributed by atoms with Gasteiger partial charge in [-0.1, -0.05) is 0 Å². The van der Waals surface area contributed by atoms with Gasteiger partial charge in [-0.3, -0.25) is 4.18 Å². The predicted molar refractivity (Wildman–Crippen MR) is 116 cm³/mol. The molecule has 5 saturated heterocycles. The van der Waals surface area contributed by atoms with Crippen LogP contribution in [0.4, 0.5) is 0 Å². The second-order valence-electron chi connectivity index (χ2n) is 10.9. The molecule has 0 spiro atoms. The topological polar surface area (TPSA) is 126 Å². The summed E-state index contributed by atoms with van der Waals surface area (Å²) in [7, 11) is -2.52. The van der Waals surface area contributed by atoms with Crippen molar-refractivity contribution in [1.29, 1.82) is 0 Å². The van der Waals surface area contributed by atoms with E-state index in [1.165, 1.54) is 7.11 Å². The molecule has 0 unspecified atom stereocenters.